The number of nitrogens with one attached hydrogen (secondary N) is 1. The van der Waals surface area contributed by atoms with Gasteiger partial charge in [0.25, 0.3) is 11.5 Å². The van der Waals surface area contributed by atoms with Crippen LogP contribution in [0, 0.1) is 0 Å². The minimum absolute atomic E-state index is 0.176. The minimum atomic E-state index is -0.376. The molecule has 1 amide bonds. The first-order valence-corrected chi connectivity index (χ1v) is 8.36. The predicted octanol–water partition coefficient (Wildman–Crippen LogP) is 2.41. The molecule has 124 valence electrons. The Bertz CT molecular complexity index is 1110. The highest BCUT2D eigenvalue weighted by molar-refractivity contribution is 7.15. The molecule has 0 unspecified atom stereocenters. The van der Waals surface area contributed by atoms with Crippen LogP contribution in [0.4, 0.5) is 5.69 Å². The number of anilines is 1. The van der Waals surface area contributed by atoms with E-state index in [1.54, 1.807) is 17.4 Å². The predicted molar refractivity (Wildman–Crippen MR) is 95.9 cm³/mol. The van der Waals surface area contributed by atoms with Crippen molar-refractivity contribution >= 4 is 27.9 Å². The summed E-state index contributed by atoms with van der Waals surface area (Å²) >= 11 is 1.56. The Labute approximate surface area is 146 Å². The van der Waals surface area contributed by atoms with Crippen molar-refractivity contribution in [1.82, 2.24) is 19.2 Å². The summed E-state index contributed by atoms with van der Waals surface area (Å²) in [5.41, 5.74) is 2.29. The van der Waals surface area contributed by atoms with Crippen LogP contribution in [0.2, 0.25) is 0 Å². The third kappa shape index (κ3) is 2.94. The molecule has 3 aromatic heterocycles. The number of imidazole rings is 1. The van der Waals surface area contributed by atoms with Crippen LogP contribution < -0.4 is 10.9 Å². The lowest BCUT2D eigenvalue weighted by atomic mass is 10.1. The van der Waals surface area contributed by atoms with E-state index in [4.69, 9.17) is 0 Å². The summed E-state index contributed by atoms with van der Waals surface area (Å²) in [6.45, 7) is 0. The Morgan fingerprint density at radius 1 is 1.24 bits per heavy atom. The van der Waals surface area contributed by atoms with Gasteiger partial charge in [-0.2, -0.15) is 5.10 Å². The molecule has 0 spiro atoms. The number of rotatable bonds is 3. The number of amides is 1. The van der Waals surface area contributed by atoms with E-state index in [1.807, 2.05) is 40.4 Å². The molecule has 7 nitrogen and oxygen atoms in total. The van der Waals surface area contributed by atoms with Crippen molar-refractivity contribution in [3.63, 3.8) is 0 Å². The monoisotopic (exact) mass is 351 g/mol. The molecule has 4 rings (SSSR count). The van der Waals surface area contributed by atoms with Crippen LogP contribution in [-0.2, 0) is 7.05 Å². The standard InChI is InChI=1S/C17H13N5O2S/c1-21-15(23)6-5-13(20-21)16(24)18-12-4-2-3-11(9-12)14-10-22-7-8-25-17(22)19-14/h2-10H,1H3,(H,18,24). The van der Waals surface area contributed by atoms with Crippen molar-refractivity contribution in [2.75, 3.05) is 5.32 Å². The molecule has 1 N–H and O–H groups in total. The van der Waals surface area contributed by atoms with Crippen LogP contribution in [0.15, 0.2) is 59.0 Å². The molecule has 25 heavy (non-hydrogen) atoms. The fourth-order valence-electron chi connectivity index (χ4n) is 2.44. The van der Waals surface area contributed by atoms with Crippen molar-refractivity contribution in [2.45, 2.75) is 0 Å². The van der Waals surface area contributed by atoms with Gasteiger partial charge in [0.2, 0.25) is 0 Å². The number of hydrogen-bond acceptors (Lipinski definition) is 5. The smallest absolute Gasteiger partial charge is 0.276 e. The maximum absolute atomic E-state index is 12.3. The average Bonchev–Trinajstić information content (AvgIpc) is 3.19. The average molecular weight is 351 g/mol. The molecule has 0 saturated carbocycles. The minimum Gasteiger partial charge on any atom is -0.321 e. The van der Waals surface area contributed by atoms with Gasteiger partial charge in [0, 0.05) is 42.1 Å². The van der Waals surface area contributed by atoms with Crippen LogP contribution in [-0.4, -0.2) is 25.1 Å². The third-order valence-corrected chi connectivity index (χ3v) is 4.47. The Kier molecular flexibility index (Phi) is 3.66. The zero-order chi connectivity index (χ0) is 17.4. The van der Waals surface area contributed by atoms with Gasteiger partial charge in [-0.25, -0.2) is 9.67 Å². The Balaban J connectivity index is 1.60. The van der Waals surface area contributed by atoms with Crippen molar-refractivity contribution < 1.29 is 4.79 Å². The summed E-state index contributed by atoms with van der Waals surface area (Å²) < 4.78 is 3.09. The number of aryl methyl sites for hydroxylation is 1. The van der Waals surface area contributed by atoms with E-state index < -0.39 is 0 Å². The van der Waals surface area contributed by atoms with Gasteiger partial charge in [-0.1, -0.05) is 12.1 Å². The second-order valence-electron chi connectivity index (χ2n) is 5.43. The molecule has 0 saturated heterocycles. The summed E-state index contributed by atoms with van der Waals surface area (Å²) in [5.74, 6) is -0.376. The molecular formula is C17H13N5O2S. The van der Waals surface area contributed by atoms with Gasteiger partial charge in [-0.05, 0) is 18.2 Å². The van der Waals surface area contributed by atoms with Crippen LogP contribution in [0.5, 0.6) is 0 Å². The molecule has 0 fully saturated rings. The molecule has 0 aliphatic rings. The highest BCUT2D eigenvalue weighted by atomic mass is 32.1. The third-order valence-electron chi connectivity index (χ3n) is 3.70. The number of fused-ring (bicyclic) bond motifs is 1. The molecule has 4 aromatic rings. The van der Waals surface area contributed by atoms with E-state index >= 15 is 0 Å². The van der Waals surface area contributed by atoms with Crippen LogP contribution >= 0.6 is 11.3 Å². The quantitative estimate of drug-likeness (QED) is 0.614. The van der Waals surface area contributed by atoms with Gasteiger partial charge in [-0.15, -0.1) is 11.3 Å². The molecule has 1 aromatic carbocycles. The maximum atomic E-state index is 12.3. The van der Waals surface area contributed by atoms with Gasteiger partial charge in [0.1, 0.15) is 5.69 Å². The molecule has 0 aliphatic heterocycles. The summed E-state index contributed by atoms with van der Waals surface area (Å²) in [6.07, 6.45) is 3.90. The second-order valence-corrected chi connectivity index (χ2v) is 6.31. The largest absolute Gasteiger partial charge is 0.321 e. The number of thiazole rings is 1. The molecule has 3 heterocycles. The summed E-state index contributed by atoms with van der Waals surface area (Å²) in [7, 11) is 1.50. The highest BCUT2D eigenvalue weighted by Crippen LogP contribution is 2.24. The second kappa shape index (κ2) is 5.99. The fraction of sp³-hybridized carbons (Fsp3) is 0.0588. The van der Waals surface area contributed by atoms with Crippen molar-refractivity contribution in [1.29, 1.82) is 0 Å². The molecule has 0 bridgehead atoms. The SMILES string of the molecule is Cn1nc(C(=O)Nc2cccc(-c3cn4ccsc4n3)c2)ccc1=O. The van der Waals surface area contributed by atoms with Crippen molar-refractivity contribution in [3.05, 3.63) is 70.2 Å². The number of hydrogen-bond donors (Lipinski definition) is 1. The molecular weight excluding hydrogens is 338 g/mol. The highest BCUT2D eigenvalue weighted by Gasteiger charge is 2.11. The van der Waals surface area contributed by atoms with Crippen LogP contribution in [0.25, 0.3) is 16.2 Å². The lowest BCUT2D eigenvalue weighted by Gasteiger charge is -2.06. The lowest BCUT2D eigenvalue weighted by molar-refractivity contribution is 0.102. The first kappa shape index (κ1) is 15.3. The Hall–Kier alpha value is -3.26. The first-order valence-electron chi connectivity index (χ1n) is 7.48. The van der Waals surface area contributed by atoms with Gasteiger partial charge < -0.3 is 5.32 Å². The van der Waals surface area contributed by atoms with E-state index in [1.165, 1.54) is 19.2 Å². The Morgan fingerprint density at radius 2 is 2.12 bits per heavy atom. The summed E-state index contributed by atoms with van der Waals surface area (Å²) in [4.78, 5) is 29.2. The van der Waals surface area contributed by atoms with Gasteiger partial charge >= 0.3 is 0 Å². The molecule has 0 radical (unpaired) electrons. The van der Waals surface area contributed by atoms with Crippen LogP contribution in [0.1, 0.15) is 10.5 Å². The normalized spacial score (nSPS) is 10.9. The molecule has 0 atom stereocenters. The van der Waals surface area contributed by atoms with Crippen molar-refractivity contribution in [3.8, 4) is 11.3 Å². The fourth-order valence-corrected chi connectivity index (χ4v) is 3.14. The number of carbonyl (C=O) groups excluding carboxylic acids is 1. The van der Waals surface area contributed by atoms with Crippen LogP contribution in [0.3, 0.4) is 0 Å². The summed E-state index contributed by atoms with van der Waals surface area (Å²) in [5, 5.41) is 8.72. The zero-order valence-corrected chi connectivity index (χ0v) is 14.0. The molecule has 0 aliphatic carbocycles. The van der Waals surface area contributed by atoms with Gasteiger partial charge in [0.15, 0.2) is 4.96 Å². The summed E-state index contributed by atoms with van der Waals surface area (Å²) in [6, 6.07) is 10.2. The van der Waals surface area contributed by atoms with E-state index in [9.17, 15) is 9.59 Å². The number of carbonyl (C=O) groups is 1. The van der Waals surface area contributed by atoms with Crippen molar-refractivity contribution in [2.24, 2.45) is 7.05 Å². The van der Waals surface area contributed by atoms with E-state index in [0.29, 0.717) is 5.69 Å². The number of nitrogens with zero attached hydrogens (tertiary/aromatic N) is 4. The Morgan fingerprint density at radius 3 is 2.92 bits per heavy atom. The topological polar surface area (TPSA) is 81.3 Å². The first-order chi connectivity index (χ1) is 12.1. The maximum Gasteiger partial charge on any atom is 0.276 e. The van der Waals surface area contributed by atoms with E-state index in [-0.39, 0.29) is 17.2 Å². The number of benzene rings is 1. The van der Waals surface area contributed by atoms with E-state index in [2.05, 4.69) is 15.4 Å². The van der Waals surface area contributed by atoms with E-state index in [0.717, 1.165) is 20.9 Å². The van der Waals surface area contributed by atoms with Gasteiger partial charge in [0.05, 0.1) is 5.69 Å². The lowest BCUT2D eigenvalue weighted by Crippen LogP contribution is -2.23. The van der Waals surface area contributed by atoms with Gasteiger partial charge in [-0.3, -0.25) is 14.0 Å². The number of aromatic nitrogens is 4. The molecule has 8 heteroatoms. The zero-order valence-electron chi connectivity index (χ0n) is 13.2.